The Balaban J connectivity index is 1.31. The van der Waals surface area contributed by atoms with E-state index < -0.39 is 6.10 Å². The first kappa shape index (κ1) is 25.2. The summed E-state index contributed by atoms with van der Waals surface area (Å²) in [6, 6.07) is 34.8. The molecule has 1 heterocycles. The Morgan fingerprint density at radius 3 is 2.13 bits per heavy atom. The van der Waals surface area contributed by atoms with Gasteiger partial charge in [0.1, 0.15) is 5.75 Å². The number of hydrogen-bond donors (Lipinski definition) is 1. The molecular weight excluding hydrogens is 476 g/mol. The van der Waals surface area contributed by atoms with Gasteiger partial charge in [-0.05, 0) is 47.7 Å². The lowest BCUT2D eigenvalue weighted by Gasteiger charge is -2.35. The van der Waals surface area contributed by atoms with E-state index in [9.17, 15) is 9.59 Å². The van der Waals surface area contributed by atoms with Gasteiger partial charge in [-0.3, -0.25) is 14.4 Å². The van der Waals surface area contributed by atoms with Gasteiger partial charge in [-0.15, -0.1) is 0 Å². The SMILES string of the molecule is O=C(NOCc1ccccc1)c1ccc2c(c1)OC(Cc1ccccc1)C(=O)N2CCCc1ccccc1. The zero-order valence-corrected chi connectivity index (χ0v) is 21.1. The van der Waals surface area contributed by atoms with Crippen LogP contribution in [0.15, 0.2) is 109 Å². The van der Waals surface area contributed by atoms with Crippen molar-refractivity contribution in [2.75, 3.05) is 11.4 Å². The van der Waals surface area contributed by atoms with Gasteiger partial charge in [0.05, 0.1) is 12.3 Å². The number of nitrogens with one attached hydrogen (secondary N) is 1. The van der Waals surface area contributed by atoms with Gasteiger partial charge in [0.15, 0.2) is 6.10 Å². The van der Waals surface area contributed by atoms with E-state index in [1.165, 1.54) is 5.56 Å². The smallest absolute Gasteiger partial charge is 0.274 e. The normalized spacial score (nSPS) is 14.5. The fourth-order valence-corrected chi connectivity index (χ4v) is 4.56. The second kappa shape index (κ2) is 12.2. The Morgan fingerprint density at radius 1 is 0.816 bits per heavy atom. The van der Waals surface area contributed by atoms with Crippen molar-refractivity contribution in [3.8, 4) is 5.75 Å². The number of amides is 2. The number of hydrogen-bond acceptors (Lipinski definition) is 4. The molecule has 4 aromatic rings. The Bertz CT molecular complexity index is 1360. The van der Waals surface area contributed by atoms with Crippen LogP contribution < -0.4 is 15.1 Å². The van der Waals surface area contributed by atoms with Gasteiger partial charge in [-0.2, -0.15) is 0 Å². The van der Waals surface area contributed by atoms with Crippen LogP contribution in [0.25, 0.3) is 0 Å². The largest absolute Gasteiger partial charge is 0.478 e. The highest BCUT2D eigenvalue weighted by Gasteiger charge is 2.34. The van der Waals surface area contributed by atoms with Gasteiger partial charge in [0.25, 0.3) is 11.8 Å². The molecule has 1 aliphatic rings. The van der Waals surface area contributed by atoms with Crippen LogP contribution in [0.5, 0.6) is 5.75 Å². The number of rotatable bonds is 10. The molecule has 0 saturated heterocycles. The first-order valence-electron chi connectivity index (χ1n) is 12.8. The van der Waals surface area contributed by atoms with Crippen LogP contribution in [0.3, 0.4) is 0 Å². The van der Waals surface area contributed by atoms with E-state index >= 15 is 0 Å². The summed E-state index contributed by atoms with van der Waals surface area (Å²) in [6.45, 7) is 0.817. The van der Waals surface area contributed by atoms with Gasteiger partial charge < -0.3 is 9.64 Å². The Morgan fingerprint density at radius 2 is 1.45 bits per heavy atom. The van der Waals surface area contributed by atoms with Crippen LogP contribution in [0.4, 0.5) is 5.69 Å². The number of hydroxylamine groups is 1. The van der Waals surface area contributed by atoms with Crippen LogP contribution in [-0.4, -0.2) is 24.5 Å². The average molecular weight is 507 g/mol. The molecule has 1 unspecified atom stereocenters. The molecule has 0 aromatic heterocycles. The summed E-state index contributed by atoms with van der Waals surface area (Å²) in [4.78, 5) is 33.5. The molecule has 38 heavy (non-hydrogen) atoms. The topological polar surface area (TPSA) is 67.9 Å². The molecule has 0 radical (unpaired) electrons. The predicted octanol–water partition coefficient (Wildman–Crippen LogP) is 5.52. The maximum absolute atomic E-state index is 13.5. The highest BCUT2D eigenvalue weighted by atomic mass is 16.6. The van der Waals surface area contributed by atoms with Crippen molar-refractivity contribution >= 4 is 17.5 Å². The van der Waals surface area contributed by atoms with Crippen LogP contribution in [0.2, 0.25) is 0 Å². The van der Waals surface area contributed by atoms with E-state index in [-0.39, 0.29) is 18.4 Å². The zero-order chi connectivity index (χ0) is 26.2. The lowest BCUT2D eigenvalue weighted by molar-refractivity contribution is -0.126. The number of carbonyl (C=O) groups is 2. The van der Waals surface area contributed by atoms with Crippen molar-refractivity contribution in [1.29, 1.82) is 0 Å². The third kappa shape index (κ3) is 6.28. The average Bonchev–Trinajstić information content (AvgIpc) is 2.96. The Kier molecular flexibility index (Phi) is 8.11. The maximum Gasteiger partial charge on any atom is 0.274 e. The van der Waals surface area contributed by atoms with Crippen LogP contribution in [-0.2, 0) is 29.1 Å². The molecule has 0 aliphatic carbocycles. The molecule has 2 amide bonds. The summed E-state index contributed by atoms with van der Waals surface area (Å²) >= 11 is 0. The molecule has 4 aromatic carbocycles. The summed E-state index contributed by atoms with van der Waals surface area (Å²) in [5, 5.41) is 0. The fraction of sp³-hybridized carbons (Fsp3) is 0.188. The second-order valence-corrected chi connectivity index (χ2v) is 9.26. The second-order valence-electron chi connectivity index (χ2n) is 9.26. The molecule has 0 spiro atoms. The lowest BCUT2D eigenvalue weighted by Crippen LogP contribution is -2.47. The first-order chi connectivity index (χ1) is 18.7. The van der Waals surface area contributed by atoms with Crippen LogP contribution in [0, 0.1) is 0 Å². The first-order valence-corrected chi connectivity index (χ1v) is 12.8. The minimum atomic E-state index is -0.672. The molecule has 5 rings (SSSR count). The van der Waals surface area contributed by atoms with Crippen molar-refractivity contribution in [3.63, 3.8) is 0 Å². The fourth-order valence-electron chi connectivity index (χ4n) is 4.56. The third-order valence-corrected chi connectivity index (χ3v) is 6.52. The number of benzene rings is 4. The summed E-state index contributed by atoms with van der Waals surface area (Å²) in [5.41, 5.74) is 6.78. The van der Waals surface area contributed by atoms with Crippen molar-refractivity contribution in [2.45, 2.75) is 32.0 Å². The third-order valence-electron chi connectivity index (χ3n) is 6.52. The molecule has 6 heteroatoms. The molecule has 0 saturated carbocycles. The van der Waals surface area contributed by atoms with Crippen LogP contribution in [0.1, 0.15) is 33.5 Å². The van der Waals surface area contributed by atoms with Gasteiger partial charge in [0, 0.05) is 18.5 Å². The maximum atomic E-state index is 13.5. The van der Waals surface area contributed by atoms with E-state index in [2.05, 4.69) is 17.6 Å². The highest BCUT2D eigenvalue weighted by Crippen LogP contribution is 2.36. The van der Waals surface area contributed by atoms with Gasteiger partial charge in [0.2, 0.25) is 0 Å². The van der Waals surface area contributed by atoms with Gasteiger partial charge in [-0.25, -0.2) is 5.48 Å². The number of ether oxygens (including phenoxy) is 1. The molecular formula is C32H30N2O4. The highest BCUT2D eigenvalue weighted by molar-refractivity contribution is 6.02. The zero-order valence-electron chi connectivity index (χ0n) is 21.1. The van der Waals surface area contributed by atoms with Crippen molar-refractivity contribution in [3.05, 3.63) is 131 Å². The number of carbonyl (C=O) groups excluding carboxylic acids is 2. The monoisotopic (exact) mass is 506 g/mol. The Hall–Kier alpha value is -4.42. The van der Waals surface area contributed by atoms with Gasteiger partial charge >= 0.3 is 0 Å². The van der Waals surface area contributed by atoms with Crippen molar-refractivity contribution in [2.24, 2.45) is 0 Å². The number of nitrogens with zero attached hydrogens (tertiary/aromatic N) is 1. The van der Waals surface area contributed by atoms with Crippen molar-refractivity contribution in [1.82, 2.24) is 5.48 Å². The quantitative estimate of drug-likeness (QED) is 0.288. The van der Waals surface area contributed by atoms with E-state index in [4.69, 9.17) is 9.57 Å². The summed E-state index contributed by atoms with van der Waals surface area (Å²) in [6.07, 6.45) is 1.45. The summed E-state index contributed by atoms with van der Waals surface area (Å²) in [5.74, 6) is 0.0678. The number of fused-ring (bicyclic) bond motifs is 1. The number of anilines is 1. The molecule has 1 N–H and O–H groups in total. The van der Waals surface area contributed by atoms with E-state index in [0.717, 1.165) is 24.0 Å². The molecule has 6 nitrogen and oxygen atoms in total. The standard InChI is InChI=1S/C32H30N2O4/c35-31(33-37-23-26-15-8-3-9-16-26)27-18-19-28-29(22-27)38-30(21-25-13-6-2-7-14-25)32(36)34(28)20-10-17-24-11-4-1-5-12-24/h1-9,11-16,18-19,22,30H,10,17,20-21,23H2,(H,33,35). The molecule has 0 bridgehead atoms. The molecule has 1 atom stereocenters. The summed E-state index contributed by atoms with van der Waals surface area (Å²) in [7, 11) is 0. The van der Waals surface area contributed by atoms with E-state index in [1.54, 1.807) is 23.1 Å². The van der Waals surface area contributed by atoms with Crippen LogP contribution >= 0.6 is 0 Å². The predicted molar refractivity (Wildman–Crippen MR) is 147 cm³/mol. The Labute approximate surface area is 222 Å². The summed E-state index contributed by atoms with van der Waals surface area (Å²) < 4.78 is 6.20. The number of aryl methyl sites for hydroxylation is 1. The molecule has 0 fully saturated rings. The molecule has 192 valence electrons. The molecule has 1 aliphatic heterocycles. The lowest BCUT2D eigenvalue weighted by atomic mass is 10.0. The van der Waals surface area contributed by atoms with Gasteiger partial charge in [-0.1, -0.05) is 91.0 Å². The minimum Gasteiger partial charge on any atom is -0.478 e. The minimum absolute atomic E-state index is 0.0715. The van der Waals surface area contributed by atoms with E-state index in [1.807, 2.05) is 78.9 Å². The van der Waals surface area contributed by atoms with E-state index in [0.29, 0.717) is 30.0 Å². The van der Waals surface area contributed by atoms with Crippen molar-refractivity contribution < 1.29 is 19.2 Å².